The predicted octanol–water partition coefficient (Wildman–Crippen LogP) is 5.35. The van der Waals surface area contributed by atoms with E-state index in [4.69, 9.17) is 15.2 Å². The summed E-state index contributed by atoms with van der Waals surface area (Å²) < 4.78 is 11.6. The lowest BCUT2D eigenvalue weighted by Gasteiger charge is -2.47. The summed E-state index contributed by atoms with van der Waals surface area (Å²) in [5.74, 6) is 0.820. The van der Waals surface area contributed by atoms with Gasteiger partial charge in [-0.1, -0.05) is 32.9 Å². The first-order valence-electron chi connectivity index (χ1n) is 11.5. The van der Waals surface area contributed by atoms with Gasteiger partial charge in [0.05, 0.1) is 36.6 Å². The number of nitrogens with two attached hydrogens (primary N) is 1. The van der Waals surface area contributed by atoms with Gasteiger partial charge in [0.1, 0.15) is 6.07 Å². The van der Waals surface area contributed by atoms with Crippen LogP contribution in [0.3, 0.4) is 0 Å². The zero-order chi connectivity index (χ0) is 24.4. The summed E-state index contributed by atoms with van der Waals surface area (Å²) in [5, 5.41) is 30.6. The van der Waals surface area contributed by atoms with Crippen molar-refractivity contribution in [1.82, 2.24) is 0 Å². The lowest BCUT2D eigenvalue weighted by molar-refractivity contribution is 0.170. The number of hydrogen-bond donors (Lipinski definition) is 1. The Morgan fingerprint density at radius 1 is 1.06 bits per heavy atom. The van der Waals surface area contributed by atoms with Gasteiger partial charge in [0.15, 0.2) is 16.9 Å². The Bertz CT molecular complexity index is 1090. The molecule has 6 nitrogen and oxygen atoms in total. The van der Waals surface area contributed by atoms with E-state index in [-0.39, 0.29) is 22.6 Å². The van der Waals surface area contributed by atoms with Crippen LogP contribution in [0.4, 0.5) is 0 Å². The molecule has 0 aliphatic heterocycles. The maximum atomic E-state index is 10.3. The van der Waals surface area contributed by atoms with E-state index in [1.807, 2.05) is 32.0 Å². The third-order valence-corrected chi connectivity index (χ3v) is 7.03. The van der Waals surface area contributed by atoms with Crippen LogP contribution in [-0.4, -0.2) is 13.2 Å². The molecule has 0 saturated carbocycles. The van der Waals surface area contributed by atoms with Gasteiger partial charge in [-0.15, -0.1) is 0 Å². The van der Waals surface area contributed by atoms with Crippen molar-refractivity contribution in [3.8, 4) is 29.7 Å². The quantitative estimate of drug-likeness (QED) is 0.654. The molecule has 3 atom stereocenters. The van der Waals surface area contributed by atoms with Gasteiger partial charge < -0.3 is 15.2 Å². The van der Waals surface area contributed by atoms with Crippen LogP contribution < -0.4 is 15.2 Å². The number of nitrogens with zero attached hydrogens (tertiary/aromatic N) is 3. The molecular weight excluding hydrogens is 412 g/mol. The van der Waals surface area contributed by atoms with E-state index >= 15 is 0 Å². The number of allylic oxidation sites excluding steroid dienone is 4. The molecule has 0 unspecified atom stereocenters. The van der Waals surface area contributed by atoms with Crippen LogP contribution in [0.25, 0.3) is 0 Å². The van der Waals surface area contributed by atoms with E-state index in [2.05, 4.69) is 45.1 Å². The molecule has 1 aromatic carbocycles. The largest absolute Gasteiger partial charge is 0.490 e. The van der Waals surface area contributed by atoms with Crippen LogP contribution >= 0.6 is 0 Å². The fourth-order valence-corrected chi connectivity index (χ4v) is 5.24. The first-order chi connectivity index (χ1) is 15.7. The van der Waals surface area contributed by atoms with E-state index in [9.17, 15) is 15.8 Å². The average molecular weight is 445 g/mol. The molecule has 172 valence electrons. The molecule has 3 rings (SSSR count). The molecule has 0 spiro atoms. The highest BCUT2D eigenvalue weighted by Gasteiger charge is 2.55. The summed E-state index contributed by atoms with van der Waals surface area (Å²) in [6, 6.07) is 12.2. The van der Waals surface area contributed by atoms with Crippen molar-refractivity contribution in [3.63, 3.8) is 0 Å². The van der Waals surface area contributed by atoms with Crippen LogP contribution in [0.1, 0.15) is 58.9 Å². The molecule has 2 N–H and O–H groups in total. The second-order valence-corrected chi connectivity index (χ2v) is 9.78. The van der Waals surface area contributed by atoms with Crippen molar-refractivity contribution in [2.75, 3.05) is 13.2 Å². The first-order valence-corrected chi connectivity index (χ1v) is 11.5. The lowest BCUT2D eigenvalue weighted by atomic mass is 9.54. The van der Waals surface area contributed by atoms with Crippen LogP contribution in [0, 0.1) is 56.7 Å². The minimum absolute atomic E-state index is 0.0450. The Hall–Kier alpha value is -3.43. The van der Waals surface area contributed by atoms with Crippen molar-refractivity contribution in [3.05, 3.63) is 46.7 Å². The van der Waals surface area contributed by atoms with Crippen molar-refractivity contribution in [1.29, 1.82) is 15.8 Å². The van der Waals surface area contributed by atoms with Crippen LogP contribution in [0.2, 0.25) is 0 Å². The van der Waals surface area contributed by atoms with Gasteiger partial charge in [0.25, 0.3) is 0 Å². The standard InChI is InChI=1S/C27H32N4O2/c1-6-32-22-11-8-17(12-23(22)33-7-2)24-20-13-18(26(3,4)5)9-10-19(20)21(14-28)25(31)27(24,15-29)16-30/h8,10-12,18,20,24H,6-7,9,13,31H2,1-5H3/t18-,20-,24+/m1/s1. The maximum absolute atomic E-state index is 10.3. The molecule has 1 aromatic rings. The molecule has 0 saturated heterocycles. The summed E-state index contributed by atoms with van der Waals surface area (Å²) in [5.41, 5.74) is 6.80. The summed E-state index contributed by atoms with van der Waals surface area (Å²) in [7, 11) is 0. The molecule has 33 heavy (non-hydrogen) atoms. The van der Waals surface area contributed by atoms with Gasteiger partial charge in [0, 0.05) is 5.92 Å². The summed E-state index contributed by atoms with van der Waals surface area (Å²) in [6.45, 7) is 11.4. The Kier molecular flexibility index (Phi) is 6.76. The lowest BCUT2D eigenvalue weighted by Crippen LogP contribution is -2.44. The Morgan fingerprint density at radius 3 is 2.24 bits per heavy atom. The molecule has 0 amide bonds. The third kappa shape index (κ3) is 4.05. The smallest absolute Gasteiger partial charge is 0.191 e. The molecule has 0 heterocycles. The summed E-state index contributed by atoms with van der Waals surface area (Å²) >= 11 is 0. The molecule has 6 heteroatoms. The minimum atomic E-state index is -1.65. The third-order valence-electron chi connectivity index (χ3n) is 7.03. The monoisotopic (exact) mass is 444 g/mol. The minimum Gasteiger partial charge on any atom is -0.490 e. The van der Waals surface area contributed by atoms with Gasteiger partial charge in [-0.25, -0.2) is 0 Å². The number of rotatable bonds is 5. The van der Waals surface area contributed by atoms with E-state index < -0.39 is 11.3 Å². The Balaban J connectivity index is 2.28. The molecular formula is C27H32N4O2. The average Bonchev–Trinajstić information content (AvgIpc) is 2.79. The number of nitriles is 3. The summed E-state index contributed by atoms with van der Waals surface area (Å²) in [4.78, 5) is 0. The molecule has 0 radical (unpaired) electrons. The number of ether oxygens (including phenoxy) is 2. The van der Waals surface area contributed by atoms with Crippen molar-refractivity contribution in [2.45, 2.75) is 53.4 Å². The molecule has 0 bridgehead atoms. The molecule has 2 aliphatic rings. The Morgan fingerprint density at radius 2 is 1.70 bits per heavy atom. The fraction of sp³-hybridized carbons (Fsp3) is 0.519. The summed E-state index contributed by atoms with van der Waals surface area (Å²) in [6.07, 6.45) is 3.69. The van der Waals surface area contributed by atoms with Crippen LogP contribution in [0.5, 0.6) is 11.5 Å². The number of hydrogen-bond acceptors (Lipinski definition) is 6. The normalized spacial score (nSPS) is 23.9. The van der Waals surface area contributed by atoms with Gasteiger partial charge in [-0.05, 0) is 67.2 Å². The highest BCUT2D eigenvalue weighted by Crippen LogP contribution is 2.58. The van der Waals surface area contributed by atoms with E-state index in [1.54, 1.807) is 0 Å². The zero-order valence-electron chi connectivity index (χ0n) is 20.1. The first kappa shape index (κ1) is 24.2. The predicted molar refractivity (Wildman–Crippen MR) is 126 cm³/mol. The van der Waals surface area contributed by atoms with E-state index in [0.717, 1.165) is 24.0 Å². The second kappa shape index (κ2) is 9.21. The SMILES string of the molecule is CCOc1ccc([C@H]2[C@@H]3C[C@H](C(C)(C)C)CC=C3C(C#N)=C(N)C2(C#N)C#N)cc1OCC. The Labute approximate surface area is 196 Å². The van der Waals surface area contributed by atoms with Gasteiger partial charge in [-0.2, -0.15) is 15.8 Å². The molecule has 0 aromatic heterocycles. The van der Waals surface area contributed by atoms with Crippen molar-refractivity contribution in [2.24, 2.45) is 28.4 Å². The second-order valence-electron chi connectivity index (χ2n) is 9.78. The van der Waals surface area contributed by atoms with Gasteiger partial charge >= 0.3 is 0 Å². The molecule has 0 fully saturated rings. The van der Waals surface area contributed by atoms with Gasteiger partial charge in [0.2, 0.25) is 0 Å². The van der Waals surface area contributed by atoms with E-state index in [0.29, 0.717) is 30.6 Å². The topological polar surface area (TPSA) is 116 Å². The van der Waals surface area contributed by atoms with Crippen molar-refractivity contribution < 1.29 is 9.47 Å². The van der Waals surface area contributed by atoms with Gasteiger partial charge in [-0.3, -0.25) is 0 Å². The number of fused-ring (bicyclic) bond motifs is 1. The fourth-order valence-electron chi connectivity index (χ4n) is 5.24. The van der Waals surface area contributed by atoms with Crippen LogP contribution in [-0.2, 0) is 0 Å². The highest BCUT2D eigenvalue weighted by molar-refractivity contribution is 5.60. The van der Waals surface area contributed by atoms with Crippen LogP contribution in [0.15, 0.2) is 41.1 Å². The molecule has 2 aliphatic carbocycles. The maximum Gasteiger partial charge on any atom is 0.191 e. The van der Waals surface area contributed by atoms with Crippen molar-refractivity contribution >= 4 is 0 Å². The zero-order valence-corrected chi connectivity index (χ0v) is 20.1. The highest BCUT2D eigenvalue weighted by atomic mass is 16.5. The van der Waals surface area contributed by atoms with E-state index in [1.165, 1.54) is 0 Å². The number of benzene rings is 1.